The van der Waals surface area contributed by atoms with Crippen LogP contribution in [0.3, 0.4) is 0 Å². The number of nitrogens with one attached hydrogen (secondary N) is 1. The molecule has 0 spiro atoms. The Morgan fingerprint density at radius 3 is 2.61 bits per heavy atom. The zero-order chi connectivity index (χ0) is 16.2. The molecule has 23 heavy (non-hydrogen) atoms. The summed E-state index contributed by atoms with van der Waals surface area (Å²) in [5.41, 5.74) is 1.20. The molecule has 1 aromatic heterocycles. The molecule has 120 valence electrons. The molecule has 1 aliphatic rings. The number of halogens is 1. The number of amides is 1. The third-order valence-corrected chi connectivity index (χ3v) is 4.47. The molecule has 1 unspecified atom stereocenters. The van der Waals surface area contributed by atoms with E-state index < -0.39 is 0 Å². The molecule has 1 atom stereocenters. The molecule has 0 aliphatic carbocycles. The number of benzene rings is 1. The van der Waals surface area contributed by atoms with Crippen LogP contribution in [0.2, 0.25) is 0 Å². The minimum absolute atomic E-state index is 0.203. The molecule has 0 bridgehead atoms. The van der Waals surface area contributed by atoms with Crippen LogP contribution in [-0.4, -0.2) is 29.0 Å². The molecule has 1 aliphatic heterocycles. The van der Waals surface area contributed by atoms with Crippen LogP contribution in [0.15, 0.2) is 41.1 Å². The van der Waals surface area contributed by atoms with E-state index in [0.717, 1.165) is 29.7 Å². The lowest BCUT2D eigenvalue weighted by Crippen LogP contribution is -2.35. The lowest BCUT2D eigenvalue weighted by Gasteiger charge is -2.30. The minimum atomic E-state index is -0.203. The van der Waals surface area contributed by atoms with Crippen molar-refractivity contribution in [3.63, 3.8) is 0 Å². The predicted molar refractivity (Wildman–Crippen MR) is 94.7 cm³/mol. The molecule has 1 amide bonds. The van der Waals surface area contributed by atoms with Crippen LogP contribution in [0.4, 0.5) is 11.6 Å². The number of aromatic nitrogens is 2. The van der Waals surface area contributed by atoms with Crippen LogP contribution in [-0.2, 0) is 0 Å². The van der Waals surface area contributed by atoms with Gasteiger partial charge in [0.05, 0.1) is 5.56 Å². The second-order valence-corrected chi connectivity index (χ2v) is 6.84. The number of hydrogen-bond acceptors (Lipinski definition) is 4. The molecule has 1 saturated heterocycles. The number of carbonyl (C=O) groups excluding carboxylic acids is 1. The van der Waals surface area contributed by atoms with Gasteiger partial charge in [-0.15, -0.1) is 0 Å². The van der Waals surface area contributed by atoms with Crippen molar-refractivity contribution >= 4 is 33.5 Å². The lowest BCUT2D eigenvalue weighted by atomic mass is 10.0. The lowest BCUT2D eigenvalue weighted by molar-refractivity contribution is 0.102. The van der Waals surface area contributed by atoms with E-state index in [1.165, 1.54) is 6.42 Å². The molecule has 5 nitrogen and oxygen atoms in total. The molecular weight excluding hydrogens is 356 g/mol. The minimum Gasteiger partial charge on any atom is -0.341 e. The maximum atomic E-state index is 12.2. The highest BCUT2D eigenvalue weighted by atomic mass is 79.9. The van der Waals surface area contributed by atoms with Crippen molar-refractivity contribution in [1.82, 2.24) is 9.97 Å². The molecule has 2 heterocycles. The van der Waals surface area contributed by atoms with E-state index in [1.54, 1.807) is 12.4 Å². The van der Waals surface area contributed by atoms with Gasteiger partial charge in [0.2, 0.25) is 5.95 Å². The summed E-state index contributed by atoms with van der Waals surface area (Å²) < 4.78 is 0.971. The molecule has 3 rings (SSSR count). The third-order valence-electron chi connectivity index (χ3n) is 3.94. The van der Waals surface area contributed by atoms with Gasteiger partial charge in [0.25, 0.3) is 5.91 Å². The number of hydrogen-bond donors (Lipinski definition) is 1. The standard InChI is InChI=1S/C17H19BrN4O/c1-12-3-2-8-22(11-12)17-19-9-13(10-20-17)16(23)21-15-6-4-14(18)5-7-15/h4-7,9-10,12H,2-3,8,11H2,1H3,(H,21,23). The van der Waals surface area contributed by atoms with Gasteiger partial charge >= 0.3 is 0 Å². The molecule has 1 aromatic carbocycles. The SMILES string of the molecule is CC1CCCN(c2ncc(C(=O)Nc3ccc(Br)cc3)cn2)C1. The summed E-state index contributed by atoms with van der Waals surface area (Å²) in [5, 5.41) is 2.84. The van der Waals surface area contributed by atoms with E-state index in [2.05, 4.69) is 43.0 Å². The van der Waals surface area contributed by atoms with Gasteiger partial charge in [0, 0.05) is 35.6 Å². The van der Waals surface area contributed by atoms with Gasteiger partial charge in [0.15, 0.2) is 0 Å². The fraction of sp³-hybridized carbons (Fsp3) is 0.353. The van der Waals surface area contributed by atoms with E-state index in [9.17, 15) is 4.79 Å². The summed E-state index contributed by atoms with van der Waals surface area (Å²) in [6.07, 6.45) is 5.60. The second-order valence-electron chi connectivity index (χ2n) is 5.93. The van der Waals surface area contributed by atoms with Crippen LogP contribution in [0, 0.1) is 5.92 Å². The summed E-state index contributed by atoms with van der Waals surface area (Å²) in [6.45, 7) is 4.20. The normalized spacial score (nSPS) is 17.8. The molecular formula is C17H19BrN4O. The summed E-state index contributed by atoms with van der Waals surface area (Å²) in [4.78, 5) is 23.1. The number of piperidine rings is 1. The topological polar surface area (TPSA) is 58.1 Å². The average molecular weight is 375 g/mol. The molecule has 1 fully saturated rings. The van der Waals surface area contributed by atoms with E-state index >= 15 is 0 Å². The van der Waals surface area contributed by atoms with Gasteiger partial charge in [-0.1, -0.05) is 22.9 Å². The largest absolute Gasteiger partial charge is 0.341 e. The number of carbonyl (C=O) groups is 1. The number of nitrogens with zero attached hydrogens (tertiary/aromatic N) is 3. The van der Waals surface area contributed by atoms with Gasteiger partial charge < -0.3 is 10.2 Å². The van der Waals surface area contributed by atoms with Crippen molar-refractivity contribution in [1.29, 1.82) is 0 Å². The molecule has 2 aromatic rings. The van der Waals surface area contributed by atoms with Crippen LogP contribution in [0.1, 0.15) is 30.1 Å². The molecule has 0 saturated carbocycles. The molecule has 0 radical (unpaired) electrons. The Bertz CT molecular complexity index is 672. The maximum Gasteiger partial charge on any atom is 0.258 e. The van der Waals surface area contributed by atoms with Crippen LogP contribution in [0.25, 0.3) is 0 Å². The van der Waals surface area contributed by atoms with Gasteiger partial charge in [-0.3, -0.25) is 4.79 Å². The Morgan fingerprint density at radius 1 is 1.26 bits per heavy atom. The summed E-state index contributed by atoms with van der Waals surface area (Å²) in [7, 11) is 0. The van der Waals surface area contributed by atoms with E-state index in [0.29, 0.717) is 17.4 Å². The van der Waals surface area contributed by atoms with Crippen LogP contribution >= 0.6 is 15.9 Å². The van der Waals surface area contributed by atoms with Gasteiger partial charge in [-0.05, 0) is 43.0 Å². The van der Waals surface area contributed by atoms with Crippen molar-refractivity contribution in [2.45, 2.75) is 19.8 Å². The number of anilines is 2. The van der Waals surface area contributed by atoms with Crippen molar-refractivity contribution in [2.24, 2.45) is 5.92 Å². The zero-order valence-corrected chi connectivity index (χ0v) is 14.6. The third kappa shape index (κ3) is 4.07. The Balaban J connectivity index is 1.66. The molecule has 6 heteroatoms. The highest BCUT2D eigenvalue weighted by molar-refractivity contribution is 9.10. The first-order valence-corrected chi connectivity index (χ1v) is 8.55. The first kappa shape index (κ1) is 15.9. The second kappa shape index (κ2) is 7.08. The first-order valence-electron chi connectivity index (χ1n) is 7.76. The summed E-state index contributed by atoms with van der Waals surface area (Å²) in [6, 6.07) is 7.44. The monoisotopic (exact) mass is 374 g/mol. The van der Waals surface area contributed by atoms with Gasteiger partial charge in [0.1, 0.15) is 0 Å². The fourth-order valence-electron chi connectivity index (χ4n) is 2.71. The molecule has 1 N–H and O–H groups in total. The quantitative estimate of drug-likeness (QED) is 0.888. The van der Waals surface area contributed by atoms with Crippen LogP contribution < -0.4 is 10.2 Å². The first-order chi connectivity index (χ1) is 11.1. The number of rotatable bonds is 3. The highest BCUT2D eigenvalue weighted by Crippen LogP contribution is 2.20. The van der Waals surface area contributed by atoms with Crippen molar-refractivity contribution in [2.75, 3.05) is 23.3 Å². The average Bonchev–Trinajstić information content (AvgIpc) is 2.57. The highest BCUT2D eigenvalue weighted by Gasteiger charge is 2.18. The van der Waals surface area contributed by atoms with Crippen molar-refractivity contribution < 1.29 is 4.79 Å². The summed E-state index contributed by atoms with van der Waals surface area (Å²) in [5.74, 6) is 1.16. The summed E-state index contributed by atoms with van der Waals surface area (Å²) >= 11 is 3.37. The Morgan fingerprint density at radius 2 is 1.96 bits per heavy atom. The van der Waals surface area contributed by atoms with E-state index in [4.69, 9.17) is 0 Å². The Labute approximate surface area is 144 Å². The van der Waals surface area contributed by atoms with E-state index in [1.807, 2.05) is 24.3 Å². The smallest absolute Gasteiger partial charge is 0.258 e. The van der Waals surface area contributed by atoms with Crippen molar-refractivity contribution in [3.8, 4) is 0 Å². The fourth-order valence-corrected chi connectivity index (χ4v) is 2.97. The van der Waals surface area contributed by atoms with Crippen LogP contribution in [0.5, 0.6) is 0 Å². The van der Waals surface area contributed by atoms with Crippen molar-refractivity contribution in [3.05, 3.63) is 46.7 Å². The Hall–Kier alpha value is -1.95. The van der Waals surface area contributed by atoms with Gasteiger partial charge in [-0.2, -0.15) is 0 Å². The Kier molecular flexibility index (Phi) is 4.91. The van der Waals surface area contributed by atoms with E-state index in [-0.39, 0.29) is 5.91 Å². The maximum absolute atomic E-state index is 12.2. The zero-order valence-electron chi connectivity index (χ0n) is 13.0. The van der Waals surface area contributed by atoms with Gasteiger partial charge in [-0.25, -0.2) is 9.97 Å². The predicted octanol–water partition coefficient (Wildman–Crippen LogP) is 3.73.